The number of halogens is 3. The first-order chi connectivity index (χ1) is 9.11. The molecule has 0 spiro atoms. The smallest absolute Gasteiger partial charge is 0.147 e. The number of benzene rings is 2. The Kier molecular flexibility index (Phi) is 4.37. The molecule has 2 rings (SSSR count). The molecule has 5 heteroatoms. The van der Waals surface area contributed by atoms with Gasteiger partial charge in [-0.05, 0) is 28.1 Å². The summed E-state index contributed by atoms with van der Waals surface area (Å²) in [6.07, 6.45) is 0. The third-order valence-electron chi connectivity index (χ3n) is 2.67. The molecule has 0 bridgehead atoms. The first kappa shape index (κ1) is 13.8. The van der Waals surface area contributed by atoms with Crippen LogP contribution in [0.15, 0.2) is 40.9 Å². The minimum Gasteiger partial charge on any atom is -0.496 e. The van der Waals surface area contributed by atoms with Gasteiger partial charge >= 0.3 is 0 Å². The number of rotatable bonds is 4. The molecule has 100 valence electrons. The molecule has 0 aliphatic carbocycles. The van der Waals surface area contributed by atoms with E-state index >= 15 is 0 Å². The summed E-state index contributed by atoms with van der Waals surface area (Å²) < 4.78 is 32.3. The minimum absolute atomic E-state index is 0.104. The summed E-state index contributed by atoms with van der Waals surface area (Å²) in [6, 6.07) is 9.60. The number of methoxy groups -OCH3 is 1. The molecular formula is C14H12BrF2NO. The summed E-state index contributed by atoms with van der Waals surface area (Å²) in [5.41, 5.74) is 0.985. The molecule has 0 radical (unpaired) electrons. The molecule has 0 heterocycles. The average Bonchev–Trinajstić information content (AvgIpc) is 2.41. The van der Waals surface area contributed by atoms with Gasteiger partial charge < -0.3 is 10.1 Å². The number of para-hydroxylation sites is 1. The lowest BCUT2D eigenvalue weighted by Crippen LogP contribution is -2.03. The van der Waals surface area contributed by atoms with Crippen LogP contribution in [-0.4, -0.2) is 7.11 Å². The largest absolute Gasteiger partial charge is 0.496 e. The third kappa shape index (κ3) is 3.23. The fourth-order valence-corrected chi connectivity index (χ4v) is 2.01. The summed E-state index contributed by atoms with van der Waals surface area (Å²) in [5, 5.41) is 2.86. The van der Waals surface area contributed by atoms with Crippen molar-refractivity contribution in [2.75, 3.05) is 12.4 Å². The van der Waals surface area contributed by atoms with Crippen molar-refractivity contribution < 1.29 is 13.5 Å². The Morgan fingerprint density at radius 1 is 1.16 bits per heavy atom. The zero-order chi connectivity index (χ0) is 13.8. The number of hydrogen-bond donors (Lipinski definition) is 1. The van der Waals surface area contributed by atoms with Gasteiger partial charge in [-0.2, -0.15) is 0 Å². The van der Waals surface area contributed by atoms with E-state index in [-0.39, 0.29) is 10.2 Å². The lowest BCUT2D eigenvalue weighted by atomic mass is 10.2. The summed E-state index contributed by atoms with van der Waals surface area (Å²) in [4.78, 5) is 0. The number of ether oxygens (including phenoxy) is 1. The predicted octanol–water partition coefficient (Wildman–Crippen LogP) is 4.35. The Bertz CT molecular complexity index is 590. The Morgan fingerprint density at radius 2 is 1.89 bits per heavy atom. The molecular weight excluding hydrogens is 316 g/mol. The zero-order valence-corrected chi connectivity index (χ0v) is 11.8. The number of nitrogens with one attached hydrogen (secondary N) is 1. The second-order valence-corrected chi connectivity index (χ2v) is 4.77. The van der Waals surface area contributed by atoms with Gasteiger partial charge in [-0.1, -0.05) is 18.2 Å². The van der Waals surface area contributed by atoms with E-state index in [1.54, 1.807) is 7.11 Å². The van der Waals surface area contributed by atoms with Crippen LogP contribution in [0.25, 0.3) is 0 Å². The maximum Gasteiger partial charge on any atom is 0.147 e. The van der Waals surface area contributed by atoms with Crippen molar-refractivity contribution in [3.63, 3.8) is 0 Å². The highest BCUT2D eigenvalue weighted by Gasteiger charge is 2.09. The fourth-order valence-electron chi connectivity index (χ4n) is 1.70. The second kappa shape index (κ2) is 6.02. The Morgan fingerprint density at radius 3 is 2.63 bits per heavy atom. The minimum atomic E-state index is -0.511. The highest BCUT2D eigenvalue weighted by molar-refractivity contribution is 9.10. The molecule has 0 amide bonds. The molecule has 0 aliphatic heterocycles. The van der Waals surface area contributed by atoms with Crippen molar-refractivity contribution in [1.29, 1.82) is 0 Å². The molecule has 0 saturated carbocycles. The highest BCUT2D eigenvalue weighted by atomic mass is 79.9. The van der Waals surface area contributed by atoms with Gasteiger partial charge in [0.2, 0.25) is 0 Å². The molecule has 0 aromatic heterocycles. The topological polar surface area (TPSA) is 21.3 Å². The van der Waals surface area contributed by atoms with Gasteiger partial charge in [0.05, 0.1) is 17.3 Å². The molecule has 0 unspecified atom stereocenters. The van der Waals surface area contributed by atoms with E-state index in [0.717, 1.165) is 17.7 Å². The van der Waals surface area contributed by atoms with E-state index in [4.69, 9.17) is 4.74 Å². The van der Waals surface area contributed by atoms with Gasteiger partial charge in [0.25, 0.3) is 0 Å². The monoisotopic (exact) mass is 327 g/mol. The molecule has 1 N–H and O–H groups in total. The van der Waals surface area contributed by atoms with Crippen LogP contribution in [-0.2, 0) is 6.54 Å². The van der Waals surface area contributed by atoms with Crippen molar-refractivity contribution in [3.05, 3.63) is 58.1 Å². The van der Waals surface area contributed by atoms with Crippen molar-refractivity contribution >= 4 is 21.6 Å². The lowest BCUT2D eigenvalue weighted by Gasteiger charge is -2.11. The highest BCUT2D eigenvalue weighted by Crippen LogP contribution is 2.25. The molecule has 0 aliphatic rings. The molecule has 19 heavy (non-hydrogen) atoms. The quantitative estimate of drug-likeness (QED) is 0.843. The summed E-state index contributed by atoms with van der Waals surface area (Å²) in [5.74, 6) is -0.319. The van der Waals surface area contributed by atoms with E-state index in [0.29, 0.717) is 12.3 Å². The normalized spacial score (nSPS) is 10.3. The summed E-state index contributed by atoms with van der Waals surface area (Å²) in [7, 11) is 1.57. The average molecular weight is 328 g/mol. The Hall–Kier alpha value is -1.62. The van der Waals surface area contributed by atoms with E-state index in [9.17, 15) is 8.78 Å². The lowest BCUT2D eigenvalue weighted by molar-refractivity contribution is 0.410. The standard InChI is InChI=1S/C14H12BrF2NO/c1-19-14-5-3-2-4-9(14)8-18-13-7-11(16)10(15)6-12(13)17/h2-7,18H,8H2,1H3. The SMILES string of the molecule is COc1ccccc1CNc1cc(F)c(Br)cc1F. The molecule has 2 aromatic rings. The maximum atomic E-state index is 13.6. The second-order valence-electron chi connectivity index (χ2n) is 3.91. The third-order valence-corrected chi connectivity index (χ3v) is 3.28. The van der Waals surface area contributed by atoms with Crippen molar-refractivity contribution in [2.45, 2.75) is 6.54 Å². The van der Waals surface area contributed by atoms with E-state index in [1.165, 1.54) is 0 Å². The Balaban J connectivity index is 2.17. The van der Waals surface area contributed by atoms with E-state index in [1.807, 2.05) is 24.3 Å². The van der Waals surface area contributed by atoms with Crippen LogP contribution in [0, 0.1) is 11.6 Å². The van der Waals surface area contributed by atoms with Crippen LogP contribution in [0.1, 0.15) is 5.56 Å². The van der Waals surface area contributed by atoms with Gasteiger partial charge in [0.1, 0.15) is 17.4 Å². The fraction of sp³-hybridized carbons (Fsp3) is 0.143. The maximum absolute atomic E-state index is 13.6. The van der Waals surface area contributed by atoms with Crippen LogP contribution >= 0.6 is 15.9 Å². The first-order valence-corrected chi connectivity index (χ1v) is 6.41. The Labute approximate surface area is 118 Å². The van der Waals surface area contributed by atoms with Crippen LogP contribution in [0.5, 0.6) is 5.75 Å². The number of anilines is 1. The van der Waals surface area contributed by atoms with Crippen molar-refractivity contribution in [1.82, 2.24) is 0 Å². The van der Waals surface area contributed by atoms with Crippen LogP contribution in [0.4, 0.5) is 14.5 Å². The number of hydrogen-bond acceptors (Lipinski definition) is 2. The van der Waals surface area contributed by atoms with Gasteiger partial charge in [0.15, 0.2) is 0 Å². The molecule has 0 saturated heterocycles. The van der Waals surface area contributed by atoms with Crippen LogP contribution in [0.2, 0.25) is 0 Å². The van der Waals surface area contributed by atoms with Gasteiger partial charge in [-0.25, -0.2) is 8.78 Å². The van der Waals surface area contributed by atoms with Gasteiger partial charge in [0, 0.05) is 18.2 Å². The predicted molar refractivity (Wildman–Crippen MR) is 74.4 cm³/mol. The van der Waals surface area contributed by atoms with Crippen LogP contribution in [0.3, 0.4) is 0 Å². The summed E-state index contributed by atoms with van der Waals surface area (Å²) >= 11 is 2.94. The van der Waals surface area contributed by atoms with E-state index < -0.39 is 11.6 Å². The van der Waals surface area contributed by atoms with Crippen LogP contribution < -0.4 is 10.1 Å². The molecule has 0 fully saturated rings. The van der Waals surface area contributed by atoms with Gasteiger partial charge in [-0.15, -0.1) is 0 Å². The zero-order valence-electron chi connectivity index (χ0n) is 10.2. The molecule has 2 aromatic carbocycles. The van der Waals surface area contributed by atoms with Gasteiger partial charge in [-0.3, -0.25) is 0 Å². The van der Waals surface area contributed by atoms with E-state index in [2.05, 4.69) is 21.2 Å². The molecule has 2 nitrogen and oxygen atoms in total. The molecule has 0 atom stereocenters. The summed E-state index contributed by atoms with van der Waals surface area (Å²) in [6.45, 7) is 0.349. The van der Waals surface area contributed by atoms with Crippen molar-refractivity contribution in [2.24, 2.45) is 0 Å². The first-order valence-electron chi connectivity index (χ1n) is 5.62. The van der Waals surface area contributed by atoms with Crippen molar-refractivity contribution in [3.8, 4) is 5.75 Å².